The number of benzene rings is 3. The van der Waals surface area contributed by atoms with Crippen LogP contribution in [0.2, 0.25) is 0 Å². The third-order valence-electron chi connectivity index (χ3n) is 9.00. The Hall–Kier alpha value is -4.02. The molecular formula is C34H37N3O6S. The Bertz CT molecular complexity index is 1500. The molecule has 3 amide bonds. The van der Waals surface area contributed by atoms with Crippen LogP contribution < -0.4 is 20.1 Å². The number of ether oxygens (including phenoxy) is 2. The van der Waals surface area contributed by atoms with Crippen molar-refractivity contribution in [3.8, 4) is 11.5 Å². The standard InChI is InChI=1S/C34H37N3O6S/c1-3-43-26-15-11-22(12-16-26)35-31(39)28-27-17-18-34(44-27)29(28)33(41)37(24(20-38)19-21-7-5-4-6-8-21)30(34)32(40)36-23-9-13-25(42-2)14-10-23/h4-16,24,27-30,38H,3,17-20H2,1-2H3,(H,35,39)(H,36,40)/t24-,27+,28-,29+,30?,34?/m1/s1. The third-order valence-corrected chi connectivity index (χ3v) is 10.9. The molecule has 6 rings (SSSR count). The predicted molar refractivity (Wildman–Crippen MR) is 170 cm³/mol. The number of fused-ring (bicyclic) bond motifs is 1. The van der Waals surface area contributed by atoms with Gasteiger partial charge in [0.05, 0.1) is 42.9 Å². The summed E-state index contributed by atoms with van der Waals surface area (Å²) in [7, 11) is 1.58. The number of aliphatic hydroxyl groups is 1. The second-order valence-corrected chi connectivity index (χ2v) is 13.1. The Morgan fingerprint density at radius 1 is 0.977 bits per heavy atom. The third kappa shape index (κ3) is 5.41. The molecular weight excluding hydrogens is 578 g/mol. The molecule has 3 saturated heterocycles. The second-order valence-electron chi connectivity index (χ2n) is 11.5. The van der Waals surface area contributed by atoms with Crippen LogP contribution in [0.4, 0.5) is 11.4 Å². The number of carbonyl (C=O) groups is 3. The zero-order chi connectivity index (χ0) is 30.8. The van der Waals surface area contributed by atoms with Crippen LogP contribution in [-0.4, -0.2) is 70.1 Å². The zero-order valence-corrected chi connectivity index (χ0v) is 25.6. The Morgan fingerprint density at radius 2 is 1.61 bits per heavy atom. The Labute approximate surface area is 261 Å². The predicted octanol–water partition coefficient (Wildman–Crippen LogP) is 4.37. The molecule has 44 heavy (non-hydrogen) atoms. The average molecular weight is 616 g/mol. The molecule has 2 bridgehead atoms. The van der Waals surface area contributed by atoms with Crippen molar-refractivity contribution >= 4 is 40.9 Å². The van der Waals surface area contributed by atoms with Gasteiger partial charge < -0.3 is 30.1 Å². The maximum absolute atomic E-state index is 14.5. The number of carbonyl (C=O) groups excluding carboxylic acids is 3. The second kappa shape index (κ2) is 12.5. The molecule has 6 atom stereocenters. The zero-order valence-electron chi connectivity index (χ0n) is 24.8. The highest BCUT2D eigenvalue weighted by atomic mass is 32.2. The molecule has 1 spiro atoms. The van der Waals surface area contributed by atoms with Gasteiger partial charge in [0.2, 0.25) is 17.7 Å². The first kappa shape index (κ1) is 30.0. The van der Waals surface area contributed by atoms with Gasteiger partial charge in [-0.3, -0.25) is 14.4 Å². The van der Waals surface area contributed by atoms with Crippen molar-refractivity contribution in [3.05, 3.63) is 84.4 Å². The van der Waals surface area contributed by atoms with Crippen molar-refractivity contribution in [1.29, 1.82) is 0 Å². The lowest BCUT2D eigenvalue weighted by Crippen LogP contribution is -2.55. The van der Waals surface area contributed by atoms with Crippen LogP contribution in [0.3, 0.4) is 0 Å². The van der Waals surface area contributed by atoms with E-state index in [1.165, 1.54) is 0 Å². The number of thioether (sulfide) groups is 1. The van der Waals surface area contributed by atoms with Crippen molar-refractivity contribution < 1.29 is 29.0 Å². The van der Waals surface area contributed by atoms with Gasteiger partial charge in [0.15, 0.2) is 0 Å². The molecule has 0 aromatic heterocycles. The molecule has 3 aliphatic rings. The molecule has 230 valence electrons. The summed E-state index contributed by atoms with van der Waals surface area (Å²) in [4.78, 5) is 44.2. The number of aliphatic hydroxyl groups excluding tert-OH is 1. The summed E-state index contributed by atoms with van der Waals surface area (Å²) >= 11 is 1.59. The summed E-state index contributed by atoms with van der Waals surface area (Å²) in [6, 6.07) is 22.3. The number of likely N-dealkylation sites (tertiary alicyclic amines) is 1. The molecule has 0 radical (unpaired) electrons. The quantitative estimate of drug-likeness (QED) is 0.293. The Morgan fingerprint density at radius 3 is 2.23 bits per heavy atom. The number of anilines is 2. The number of amides is 3. The van der Waals surface area contributed by atoms with Gasteiger partial charge in [-0.25, -0.2) is 0 Å². The fourth-order valence-corrected chi connectivity index (χ4v) is 9.34. The van der Waals surface area contributed by atoms with Crippen molar-refractivity contribution in [2.24, 2.45) is 11.8 Å². The van der Waals surface area contributed by atoms with Crippen molar-refractivity contribution in [1.82, 2.24) is 4.90 Å². The van der Waals surface area contributed by atoms with Gasteiger partial charge in [-0.15, -0.1) is 11.8 Å². The Balaban J connectivity index is 1.32. The molecule has 3 aliphatic heterocycles. The van der Waals surface area contributed by atoms with Crippen molar-refractivity contribution in [3.63, 3.8) is 0 Å². The molecule has 3 N–H and O–H groups in total. The van der Waals surface area contributed by atoms with Gasteiger partial charge in [-0.05, 0) is 80.3 Å². The minimum Gasteiger partial charge on any atom is -0.497 e. The summed E-state index contributed by atoms with van der Waals surface area (Å²) < 4.78 is 9.99. The maximum Gasteiger partial charge on any atom is 0.248 e. The average Bonchev–Trinajstić information content (AvgIpc) is 3.69. The van der Waals surface area contributed by atoms with Gasteiger partial charge >= 0.3 is 0 Å². The minimum absolute atomic E-state index is 0.0909. The van der Waals surface area contributed by atoms with E-state index < -0.39 is 28.7 Å². The fourth-order valence-electron chi connectivity index (χ4n) is 7.13. The van der Waals surface area contributed by atoms with Crippen molar-refractivity contribution in [2.45, 2.75) is 48.3 Å². The number of methoxy groups -OCH3 is 1. The van der Waals surface area contributed by atoms with Gasteiger partial charge in [0, 0.05) is 16.6 Å². The highest BCUT2D eigenvalue weighted by Crippen LogP contribution is 2.66. The van der Waals surface area contributed by atoms with Crippen LogP contribution in [0, 0.1) is 11.8 Å². The van der Waals surface area contributed by atoms with E-state index in [9.17, 15) is 19.5 Å². The highest BCUT2D eigenvalue weighted by Gasteiger charge is 2.74. The topological polar surface area (TPSA) is 117 Å². The largest absolute Gasteiger partial charge is 0.497 e. The molecule has 10 heteroatoms. The van der Waals surface area contributed by atoms with Gasteiger partial charge in [-0.1, -0.05) is 30.3 Å². The van der Waals surface area contributed by atoms with Crippen LogP contribution in [0.5, 0.6) is 11.5 Å². The highest BCUT2D eigenvalue weighted by molar-refractivity contribution is 8.02. The first-order chi connectivity index (χ1) is 21.4. The van der Waals surface area contributed by atoms with E-state index in [0.29, 0.717) is 42.3 Å². The number of nitrogens with zero attached hydrogens (tertiary/aromatic N) is 1. The van der Waals surface area contributed by atoms with Crippen LogP contribution in [0.25, 0.3) is 0 Å². The maximum atomic E-state index is 14.5. The summed E-state index contributed by atoms with van der Waals surface area (Å²) in [6.45, 7) is 2.14. The number of rotatable bonds is 11. The molecule has 2 unspecified atom stereocenters. The van der Waals surface area contributed by atoms with E-state index in [1.54, 1.807) is 72.3 Å². The SMILES string of the molecule is CCOc1ccc(NC(=O)[C@@H]2[C@@H]3CCC4(S3)C(C(=O)Nc3ccc(OC)cc3)N([C@@H](CO)Cc3ccccc3)C(=O)[C@H]24)cc1. The lowest BCUT2D eigenvalue weighted by atomic mass is 9.70. The van der Waals surface area contributed by atoms with E-state index in [0.717, 1.165) is 12.0 Å². The van der Waals surface area contributed by atoms with Gasteiger partial charge in [0.1, 0.15) is 17.5 Å². The first-order valence-corrected chi connectivity index (χ1v) is 15.9. The first-order valence-electron chi connectivity index (χ1n) is 15.0. The summed E-state index contributed by atoms with van der Waals surface area (Å²) in [5.74, 6) is -0.730. The molecule has 3 aromatic carbocycles. The molecule has 3 heterocycles. The van der Waals surface area contributed by atoms with Crippen LogP contribution in [0.15, 0.2) is 78.9 Å². The van der Waals surface area contributed by atoms with E-state index >= 15 is 0 Å². The van der Waals surface area contributed by atoms with Crippen LogP contribution in [-0.2, 0) is 20.8 Å². The van der Waals surface area contributed by atoms with Gasteiger partial charge in [0.25, 0.3) is 0 Å². The summed E-state index contributed by atoms with van der Waals surface area (Å²) in [5.41, 5.74) is 2.15. The smallest absolute Gasteiger partial charge is 0.248 e. The van der Waals surface area contributed by atoms with Gasteiger partial charge in [-0.2, -0.15) is 0 Å². The molecule has 3 aromatic rings. The minimum atomic E-state index is -0.860. The van der Waals surface area contributed by atoms with Crippen LogP contribution >= 0.6 is 11.8 Å². The summed E-state index contributed by atoms with van der Waals surface area (Å²) in [5, 5.41) is 16.6. The van der Waals surface area contributed by atoms with Crippen LogP contribution in [0.1, 0.15) is 25.3 Å². The lowest BCUT2D eigenvalue weighted by molar-refractivity contribution is -0.141. The normalized spacial score (nSPS) is 25.8. The van der Waals surface area contributed by atoms with E-state index in [2.05, 4.69) is 10.6 Å². The van der Waals surface area contributed by atoms with E-state index in [1.807, 2.05) is 37.3 Å². The monoisotopic (exact) mass is 615 g/mol. The van der Waals surface area contributed by atoms with E-state index in [4.69, 9.17) is 9.47 Å². The number of hydrogen-bond acceptors (Lipinski definition) is 7. The fraction of sp³-hybridized carbons (Fsp3) is 0.382. The summed E-state index contributed by atoms with van der Waals surface area (Å²) in [6.07, 6.45) is 1.74. The molecule has 3 fully saturated rings. The van der Waals surface area contributed by atoms with E-state index in [-0.39, 0.29) is 29.6 Å². The Kier molecular flexibility index (Phi) is 8.55. The van der Waals surface area contributed by atoms with Crippen molar-refractivity contribution in [2.75, 3.05) is 31.0 Å². The molecule has 0 saturated carbocycles. The molecule has 0 aliphatic carbocycles. The lowest BCUT2D eigenvalue weighted by Gasteiger charge is -2.37. The molecule has 9 nitrogen and oxygen atoms in total. The number of hydrogen-bond donors (Lipinski definition) is 3. The number of nitrogens with one attached hydrogen (secondary N) is 2.